The lowest BCUT2D eigenvalue weighted by atomic mass is 10.1. The van der Waals surface area contributed by atoms with Gasteiger partial charge in [0.2, 0.25) is 0 Å². The van der Waals surface area contributed by atoms with Gasteiger partial charge < -0.3 is 22.2 Å². The van der Waals surface area contributed by atoms with E-state index in [1.807, 2.05) is 0 Å². The van der Waals surface area contributed by atoms with Crippen LogP contribution in [0.25, 0.3) is 0 Å². The van der Waals surface area contributed by atoms with E-state index in [2.05, 4.69) is 21.0 Å². The van der Waals surface area contributed by atoms with Crippen LogP contribution in [0.2, 0.25) is 0 Å². The molecule has 1 N–H and O–H groups in total. The molecule has 0 fully saturated rings. The molecule has 0 unspecified atom stereocenters. The van der Waals surface area contributed by atoms with E-state index in [1.165, 1.54) is 38.6 Å². The molecule has 6 heteroatoms. The number of nitrogens with one attached hydrogen (secondary N) is 1. The molecule has 0 saturated heterocycles. The van der Waals surface area contributed by atoms with Crippen LogP contribution in [0.1, 0.15) is 39.0 Å². The van der Waals surface area contributed by atoms with Crippen LogP contribution in [0.5, 0.6) is 0 Å². The number of halogens is 4. The topological polar surface area (TPSA) is 4.44 Å². The Bertz CT molecular complexity index is 122. The Labute approximate surface area is 89.9 Å². The lowest BCUT2D eigenvalue weighted by Crippen LogP contribution is -3.05. The molecule has 1 nitrogen and oxygen atoms in total. The van der Waals surface area contributed by atoms with E-state index >= 15 is 0 Å². The highest BCUT2D eigenvalue weighted by atomic mass is 19.5. The lowest BCUT2D eigenvalue weighted by molar-refractivity contribution is -0.858. The summed E-state index contributed by atoms with van der Waals surface area (Å²) in [5.74, 6) is 0. The molecule has 0 bridgehead atoms. The second kappa shape index (κ2) is 10.3. The van der Waals surface area contributed by atoms with Crippen molar-refractivity contribution in [1.29, 1.82) is 0 Å². The van der Waals surface area contributed by atoms with Crippen molar-refractivity contribution < 1.29 is 22.2 Å². The van der Waals surface area contributed by atoms with Crippen LogP contribution in [0.15, 0.2) is 0 Å². The molecule has 0 atom stereocenters. The third-order valence-electron chi connectivity index (χ3n) is 1.78. The summed E-state index contributed by atoms with van der Waals surface area (Å²) in [6.07, 6.45) is 7.04. The molecule has 94 valence electrons. The second-order valence-corrected chi connectivity index (χ2v) is 3.87. The molecule has 0 aromatic heterocycles. The van der Waals surface area contributed by atoms with E-state index < -0.39 is 7.25 Å². The molecule has 0 aromatic carbocycles. The summed E-state index contributed by atoms with van der Waals surface area (Å²) in [5, 5.41) is 0. The zero-order chi connectivity index (χ0) is 12.3. The SMILES string of the molecule is CCCCCCC[NH+](C)C.F[B-](F)(F)F. The fourth-order valence-electron chi connectivity index (χ4n) is 1.08. The Kier molecular flexibility index (Phi) is 11.7. The fraction of sp³-hybridized carbons (Fsp3) is 1.00. The Morgan fingerprint density at radius 2 is 1.27 bits per heavy atom. The highest BCUT2D eigenvalue weighted by Gasteiger charge is 2.20. The third kappa shape index (κ3) is 41.7. The minimum absolute atomic E-state index is 1.34. The maximum Gasteiger partial charge on any atom is 0.673 e. The van der Waals surface area contributed by atoms with Gasteiger partial charge in [0.15, 0.2) is 0 Å². The predicted molar refractivity (Wildman–Crippen MR) is 56.6 cm³/mol. The maximum atomic E-state index is 9.75. The zero-order valence-electron chi connectivity index (χ0n) is 9.83. The largest absolute Gasteiger partial charge is 0.673 e. The monoisotopic (exact) mass is 231 g/mol. The van der Waals surface area contributed by atoms with Crippen LogP contribution in [0, 0.1) is 0 Å². The van der Waals surface area contributed by atoms with E-state index in [-0.39, 0.29) is 0 Å². The van der Waals surface area contributed by atoms with Crippen LogP contribution in [-0.4, -0.2) is 27.9 Å². The molecule has 0 radical (unpaired) electrons. The predicted octanol–water partition coefficient (Wildman–Crippen LogP) is 2.40. The molecule has 0 aromatic rings. The fourth-order valence-corrected chi connectivity index (χ4v) is 1.08. The second-order valence-electron chi connectivity index (χ2n) is 3.87. The molecule has 15 heavy (non-hydrogen) atoms. The average molecular weight is 231 g/mol. The highest BCUT2D eigenvalue weighted by molar-refractivity contribution is 6.50. The molecular weight excluding hydrogens is 209 g/mol. The van der Waals surface area contributed by atoms with Crippen LogP contribution in [0.3, 0.4) is 0 Å². The van der Waals surface area contributed by atoms with Crippen molar-refractivity contribution in [2.24, 2.45) is 0 Å². The molecular formula is C9H22BF4N. The van der Waals surface area contributed by atoms with Crippen molar-refractivity contribution in [3.63, 3.8) is 0 Å². The van der Waals surface area contributed by atoms with E-state index in [0.717, 1.165) is 0 Å². The number of hydrogen-bond donors (Lipinski definition) is 1. The van der Waals surface area contributed by atoms with Crippen molar-refractivity contribution in [1.82, 2.24) is 0 Å². The summed E-state index contributed by atoms with van der Waals surface area (Å²) in [7, 11) is -1.56. The third-order valence-corrected chi connectivity index (χ3v) is 1.78. The molecule has 0 saturated carbocycles. The van der Waals surface area contributed by atoms with Crippen LogP contribution in [-0.2, 0) is 0 Å². The number of unbranched alkanes of at least 4 members (excludes halogenated alkanes) is 4. The summed E-state index contributed by atoms with van der Waals surface area (Å²) in [5.41, 5.74) is 0. The zero-order valence-corrected chi connectivity index (χ0v) is 9.83. The van der Waals surface area contributed by atoms with Gasteiger partial charge in [-0.05, 0) is 12.8 Å². The lowest BCUT2D eigenvalue weighted by Gasteiger charge is -2.05. The summed E-state index contributed by atoms with van der Waals surface area (Å²) >= 11 is 0. The molecule has 0 aliphatic rings. The van der Waals surface area contributed by atoms with Crippen molar-refractivity contribution in [3.8, 4) is 0 Å². The van der Waals surface area contributed by atoms with E-state index in [0.29, 0.717) is 0 Å². The summed E-state index contributed by atoms with van der Waals surface area (Å²) in [6.45, 7) is 3.60. The molecule has 0 aliphatic carbocycles. The standard InChI is InChI=1S/C9H21N.BF4/c1-4-5-6-7-8-9-10(2)3;2-1(3,4)5/h4-9H2,1-3H3;/q;-1/p+1. The van der Waals surface area contributed by atoms with Gasteiger partial charge in [-0.1, -0.05) is 26.2 Å². The molecule has 0 spiro atoms. The first kappa shape index (κ1) is 17.1. The minimum atomic E-state index is -6.00. The quantitative estimate of drug-likeness (QED) is 0.406. The summed E-state index contributed by atoms with van der Waals surface area (Å²) in [4.78, 5) is 1.58. The van der Waals surface area contributed by atoms with Crippen molar-refractivity contribution in [2.45, 2.75) is 39.0 Å². The molecule has 0 amide bonds. The molecule has 0 heterocycles. The van der Waals surface area contributed by atoms with Gasteiger partial charge in [0.25, 0.3) is 0 Å². The highest BCUT2D eigenvalue weighted by Crippen LogP contribution is 2.06. The Hall–Kier alpha value is -0.255. The van der Waals surface area contributed by atoms with Gasteiger partial charge in [0.1, 0.15) is 0 Å². The van der Waals surface area contributed by atoms with Gasteiger partial charge in [-0.2, -0.15) is 0 Å². The summed E-state index contributed by atoms with van der Waals surface area (Å²) in [6, 6.07) is 0. The van der Waals surface area contributed by atoms with Gasteiger partial charge >= 0.3 is 7.25 Å². The maximum absolute atomic E-state index is 9.75. The first-order valence-corrected chi connectivity index (χ1v) is 5.43. The Morgan fingerprint density at radius 1 is 0.867 bits per heavy atom. The van der Waals surface area contributed by atoms with Gasteiger partial charge in [-0.25, -0.2) is 0 Å². The van der Waals surface area contributed by atoms with E-state index in [4.69, 9.17) is 0 Å². The van der Waals surface area contributed by atoms with Gasteiger partial charge in [-0.15, -0.1) is 0 Å². The normalized spacial score (nSPS) is 11.2. The average Bonchev–Trinajstić information content (AvgIpc) is 2.00. The van der Waals surface area contributed by atoms with Crippen LogP contribution >= 0.6 is 0 Å². The van der Waals surface area contributed by atoms with Crippen molar-refractivity contribution >= 4 is 7.25 Å². The van der Waals surface area contributed by atoms with E-state index in [9.17, 15) is 17.3 Å². The number of quaternary nitrogens is 1. The van der Waals surface area contributed by atoms with Crippen molar-refractivity contribution in [2.75, 3.05) is 20.6 Å². The first-order chi connectivity index (χ1) is 6.77. The molecule has 0 rings (SSSR count). The van der Waals surface area contributed by atoms with Gasteiger partial charge in [0, 0.05) is 0 Å². The van der Waals surface area contributed by atoms with Gasteiger partial charge in [0.05, 0.1) is 20.6 Å². The smallest absolute Gasteiger partial charge is 0.418 e. The van der Waals surface area contributed by atoms with Crippen LogP contribution in [0.4, 0.5) is 17.3 Å². The number of rotatable bonds is 6. The summed E-state index contributed by atoms with van der Waals surface area (Å²) < 4.78 is 39.0. The van der Waals surface area contributed by atoms with E-state index in [1.54, 1.807) is 4.90 Å². The number of hydrogen-bond acceptors (Lipinski definition) is 0. The van der Waals surface area contributed by atoms with Crippen LogP contribution < -0.4 is 4.90 Å². The Morgan fingerprint density at radius 3 is 1.60 bits per heavy atom. The molecule has 0 aliphatic heterocycles. The first-order valence-electron chi connectivity index (χ1n) is 5.43. The van der Waals surface area contributed by atoms with Gasteiger partial charge in [-0.3, -0.25) is 0 Å². The van der Waals surface area contributed by atoms with Crippen molar-refractivity contribution in [3.05, 3.63) is 0 Å². The Balaban J connectivity index is 0. The minimum Gasteiger partial charge on any atom is -0.418 e.